The number of carbonyl (C=O) groups excluding carboxylic acids is 1. The standard InChI is InChI=1S/C13H17ClN2O2/c1-9(17)16-5-4-13(18,8-15)7-10-6-11(14)2-3-12(10)16/h2-3,6,18H,4-5,7-8,15H2,1H3. The van der Waals surface area contributed by atoms with E-state index in [0.29, 0.717) is 24.4 Å². The molecule has 1 amide bonds. The highest BCUT2D eigenvalue weighted by Gasteiger charge is 2.32. The number of nitrogens with zero attached hydrogens (tertiary/aromatic N) is 1. The molecule has 0 aromatic heterocycles. The summed E-state index contributed by atoms with van der Waals surface area (Å²) in [6, 6.07) is 5.36. The molecule has 1 aliphatic rings. The lowest BCUT2D eigenvalue weighted by Crippen LogP contribution is -2.41. The highest BCUT2D eigenvalue weighted by atomic mass is 35.5. The molecule has 2 rings (SSSR count). The van der Waals surface area contributed by atoms with E-state index >= 15 is 0 Å². The van der Waals surface area contributed by atoms with Crippen molar-refractivity contribution in [2.75, 3.05) is 18.0 Å². The third kappa shape index (κ3) is 2.51. The second-order valence-electron chi connectivity index (χ2n) is 4.80. The molecule has 0 radical (unpaired) electrons. The van der Waals surface area contributed by atoms with Gasteiger partial charge in [-0.2, -0.15) is 0 Å². The largest absolute Gasteiger partial charge is 0.388 e. The quantitative estimate of drug-likeness (QED) is 0.808. The molecular formula is C13H17ClN2O2. The second kappa shape index (κ2) is 4.88. The fraction of sp³-hybridized carbons (Fsp3) is 0.462. The summed E-state index contributed by atoms with van der Waals surface area (Å²) < 4.78 is 0. The Labute approximate surface area is 111 Å². The Kier molecular flexibility index (Phi) is 3.61. The Morgan fingerprint density at radius 2 is 2.33 bits per heavy atom. The lowest BCUT2D eigenvalue weighted by molar-refractivity contribution is -0.116. The van der Waals surface area contributed by atoms with Gasteiger partial charge in [-0.3, -0.25) is 4.79 Å². The average Bonchev–Trinajstić information content (AvgIpc) is 2.45. The van der Waals surface area contributed by atoms with Crippen molar-refractivity contribution < 1.29 is 9.90 Å². The first kappa shape index (κ1) is 13.3. The minimum absolute atomic E-state index is 0.0418. The number of aliphatic hydroxyl groups is 1. The Balaban J connectivity index is 2.48. The first-order chi connectivity index (χ1) is 8.45. The van der Waals surface area contributed by atoms with Crippen molar-refractivity contribution in [2.24, 2.45) is 5.73 Å². The Morgan fingerprint density at radius 1 is 1.61 bits per heavy atom. The summed E-state index contributed by atoms with van der Waals surface area (Å²) in [4.78, 5) is 13.3. The van der Waals surface area contributed by atoms with Crippen LogP contribution < -0.4 is 10.6 Å². The van der Waals surface area contributed by atoms with Crippen molar-refractivity contribution in [3.63, 3.8) is 0 Å². The van der Waals surface area contributed by atoms with Gasteiger partial charge in [-0.25, -0.2) is 0 Å². The maximum Gasteiger partial charge on any atom is 0.223 e. The summed E-state index contributed by atoms with van der Waals surface area (Å²) in [6.07, 6.45) is 0.887. The summed E-state index contributed by atoms with van der Waals surface area (Å²) in [6.45, 7) is 2.16. The van der Waals surface area contributed by atoms with Gasteiger partial charge in [-0.1, -0.05) is 11.6 Å². The van der Waals surface area contributed by atoms with Gasteiger partial charge in [-0.05, 0) is 30.2 Å². The topological polar surface area (TPSA) is 66.6 Å². The van der Waals surface area contributed by atoms with E-state index in [4.69, 9.17) is 17.3 Å². The summed E-state index contributed by atoms with van der Waals surface area (Å²) >= 11 is 5.98. The van der Waals surface area contributed by atoms with E-state index in [1.807, 2.05) is 6.07 Å². The Bertz CT molecular complexity index is 478. The molecule has 4 nitrogen and oxygen atoms in total. The summed E-state index contributed by atoms with van der Waals surface area (Å²) in [5.41, 5.74) is 6.35. The number of anilines is 1. The predicted molar refractivity (Wildman–Crippen MR) is 71.8 cm³/mol. The maximum absolute atomic E-state index is 11.7. The van der Waals surface area contributed by atoms with Gasteiger partial charge >= 0.3 is 0 Å². The molecule has 98 valence electrons. The second-order valence-corrected chi connectivity index (χ2v) is 5.24. The molecule has 0 bridgehead atoms. The zero-order valence-electron chi connectivity index (χ0n) is 10.3. The number of hydrogen-bond acceptors (Lipinski definition) is 3. The number of amides is 1. The number of rotatable bonds is 1. The van der Waals surface area contributed by atoms with Crippen LogP contribution in [0.1, 0.15) is 18.9 Å². The molecule has 0 saturated carbocycles. The molecule has 0 saturated heterocycles. The van der Waals surface area contributed by atoms with Gasteiger partial charge in [0, 0.05) is 37.1 Å². The molecule has 1 unspecified atom stereocenters. The first-order valence-corrected chi connectivity index (χ1v) is 6.32. The van der Waals surface area contributed by atoms with Crippen molar-refractivity contribution in [1.82, 2.24) is 0 Å². The van der Waals surface area contributed by atoms with Crippen LogP contribution in [-0.4, -0.2) is 29.7 Å². The van der Waals surface area contributed by atoms with Crippen LogP contribution in [0.15, 0.2) is 18.2 Å². The highest BCUT2D eigenvalue weighted by molar-refractivity contribution is 6.30. The van der Waals surface area contributed by atoms with Gasteiger partial charge < -0.3 is 15.7 Å². The van der Waals surface area contributed by atoms with Crippen molar-refractivity contribution >= 4 is 23.2 Å². The van der Waals surface area contributed by atoms with Gasteiger partial charge in [0.2, 0.25) is 5.91 Å². The minimum atomic E-state index is -0.969. The molecule has 1 aliphatic heterocycles. The van der Waals surface area contributed by atoms with Gasteiger partial charge in [-0.15, -0.1) is 0 Å². The van der Waals surface area contributed by atoms with E-state index in [9.17, 15) is 9.90 Å². The monoisotopic (exact) mass is 268 g/mol. The number of nitrogens with two attached hydrogens (primary N) is 1. The summed E-state index contributed by atoms with van der Waals surface area (Å²) in [5.74, 6) is -0.0418. The van der Waals surface area contributed by atoms with Gasteiger partial charge in [0.15, 0.2) is 0 Å². The molecule has 1 aromatic carbocycles. The lowest BCUT2D eigenvalue weighted by atomic mass is 9.92. The van der Waals surface area contributed by atoms with Crippen molar-refractivity contribution in [1.29, 1.82) is 0 Å². The van der Waals surface area contributed by atoms with Crippen LogP contribution in [-0.2, 0) is 11.2 Å². The van der Waals surface area contributed by atoms with Crippen LogP contribution in [0, 0.1) is 0 Å². The highest BCUT2D eigenvalue weighted by Crippen LogP contribution is 2.32. The van der Waals surface area contributed by atoms with E-state index in [1.165, 1.54) is 6.92 Å². The van der Waals surface area contributed by atoms with Crippen molar-refractivity contribution in [3.8, 4) is 0 Å². The zero-order chi connectivity index (χ0) is 13.3. The molecule has 5 heteroatoms. The normalized spacial score (nSPS) is 23.4. The number of benzene rings is 1. The Morgan fingerprint density at radius 3 is 2.94 bits per heavy atom. The molecule has 0 aliphatic carbocycles. The molecule has 18 heavy (non-hydrogen) atoms. The third-order valence-corrected chi connectivity index (χ3v) is 3.65. The van der Waals surface area contributed by atoms with Crippen molar-refractivity contribution in [2.45, 2.75) is 25.4 Å². The van der Waals surface area contributed by atoms with Crippen LogP contribution in [0.2, 0.25) is 5.02 Å². The summed E-state index contributed by atoms with van der Waals surface area (Å²) in [5, 5.41) is 11.0. The molecule has 3 N–H and O–H groups in total. The summed E-state index contributed by atoms with van der Waals surface area (Å²) in [7, 11) is 0. The smallest absolute Gasteiger partial charge is 0.223 e. The molecule has 1 aromatic rings. The molecular weight excluding hydrogens is 252 g/mol. The van der Waals surface area contributed by atoms with E-state index in [0.717, 1.165) is 11.3 Å². The SMILES string of the molecule is CC(=O)N1CCC(O)(CN)Cc2cc(Cl)ccc21. The molecule has 0 spiro atoms. The number of carbonyl (C=O) groups is 1. The fourth-order valence-electron chi connectivity index (χ4n) is 2.34. The van der Waals surface area contributed by atoms with Crippen molar-refractivity contribution in [3.05, 3.63) is 28.8 Å². The number of fused-ring (bicyclic) bond motifs is 1. The van der Waals surface area contributed by atoms with Crippen LogP contribution >= 0.6 is 11.6 Å². The van der Waals surface area contributed by atoms with Crippen LogP contribution in [0.4, 0.5) is 5.69 Å². The van der Waals surface area contributed by atoms with Crippen LogP contribution in [0.25, 0.3) is 0 Å². The van der Waals surface area contributed by atoms with Gasteiger partial charge in [0.05, 0.1) is 5.60 Å². The van der Waals surface area contributed by atoms with Gasteiger partial charge in [0.1, 0.15) is 0 Å². The van der Waals surface area contributed by atoms with E-state index in [1.54, 1.807) is 17.0 Å². The first-order valence-electron chi connectivity index (χ1n) is 5.94. The Hall–Kier alpha value is -1.10. The fourth-order valence-corrected chi connectivity index (χ4v) is 2.54. The van der Waals surface area contributed by atoms with E-state index in [-0.39, 0.29) is 12.5 Å². The van der Waals surface area contributed by atoms with Crippen LogP contribution in [0.5, 0.6) is 0 Å². The maximum atomic E-state index is 11.7. The lowest BCUT2D eigenvalue weighted by Gasteiger charge is -2.24. The van der Waals surface area contributed by atoms with E-state index < -0.39 is 5.60 Å². The average molecular weight is 269 g/mol. The van der Waals surface area contributed by atoms with E-state index in [2.05, 4.69) is 0 Å². The minimum Gasteiger partial charge on any atom is -0.388 e. The number of hydrogen-bond donors (Lipinski definition) is 2. The van der Waals surface area contributed by atoms with Crippen LogP contribution in [0.3, 0.4) is 0 Å². The third-order valence-electron chi connectivity index (χ3n) is 3.41. The number of halogens is 1. The molecule has 0 fully saturated rings. The predicted octanol–water partition coefficient (Wildman–Crippen LogP) is 1.33. The molecule has 1 atom stereocenters. The zero-order valence-corrected chi connectivity index (χ0v) is 11.1. The van der Waals surface area contributed by atoms with Gasteiger partial charge in [0.25, 0.3) is 0 Å². The molecule has 1 heterocycles.